The Labute approximate surface area is 96.6 Å². The van der Waals surface area contributed by atoms with E-state index in [-0.39, 0.29) is 18.6 Å². The number of thiophene rings is 1. The Morgan fingerprint density at radius 2 is 2.47 bits per heavy atom. The highest BCUT2D eigenvalue weighted by Gasteiger charge is 2.29. The molecule has 4 nitrogen and oxygen atoms in total. The Balaban J connectivity index is 2.26. The average molecular weight is 247 g/mol. The van der Waals surface area contributed by atoms with Gasteiger partial charge in [0.25, 0.3) is 5.91 Å². The summed E-state index contributed by atoms with van der Waals surface area (Å²) in [6.45, 7) is 0.991. The van der Waals surface area contributed by atoms with Gasteiger partial charge in [0, 0.05) is 6.54 Å². The van der Waals surface area contributed by atoms with Crippen LogP contribution in [0.15, 0.2) is 12.1 Å². The Bertz CT molecular complexity index is 369. The Morgan fingerprint density at radius 3 is 3.07 bits per heavy atom. The van der Waals surface area contributed by atoms with Crippen LogP contribution >= 0.6 is 22.9 Å². The first-order valence-corrected chi connectivity index (χ1v) is 5.77. The lowest BCUT2D eigenvalue weighted by Gasteiger charge is -2.33. The number of morpholine rings is 1. The quantitative estimate of drug-likeness (QED) is 0.850. The van der Waals surface area contributed by atoms with Crippen molar-refractivity contribution in [3.05, 3.63) is 16.5 Å². The first-order valence-electron chi connectivity index (χ1n) is 4.57. The van der Waals surface area contributed by atoms with E-state index in [0.717, 1.165) is 5.00 Å². The van der Waals surface area contributed by atoms with Gasteiger partial charge in [-0.15, -0.1) is 11.3 Å². The minimum Gasteiger partial charge on any atom is -0.369 e. The molecule has 1 unspecified atom stereocenters. The SMILES string of the molecule is NCC1COCC(=O)N1c1ccc(Cl)s1. The fourth-order valence-electron chi connectivity index (χ4n) is 1.54. The fourth-order valence-corrected chi connectivity index (χ4v) is 2.66. The molecule has 1 aliphatic heterocycles. The lowest BCUT2D eigenvalue weighted by atomic mass is 10.2. The normalized spacial score (nSPS) is 22.1. The molecular weight excluding hydrogens is 236 g/mol. The summed E-state index contributed by atoms with van der Waals surface area (Å²) in [7, 11) is 0. The van der Waals surface area contributed by atoms with Crippen LogP contribution in [0.25, 0.3) is 0 Å². The van der Waals surface area contributed by atoms with Crippen LogP contribution in [0.5, 0.6) is 0 Å². The molecule has 0 radical (unpaired) electrons. The number of carbonyl (C=O) groups is 1. The van der Waals surface area contributed by atoms with Crippen LogP contribution in [-0.4, -0.2) is 31.7 Å². The molecule has 1 atom stereocenters. The molecule has 1 fully saturated rings. The van der Waals surface area contributed by atoms with Crippen molar-refractivity contribution in [3.63, 3.8) is 0 Å². The molecule has 2 heterocycles. The van der Waals surface area contributed by atoms with Crippen molar-refractivity contribution in [2.45, 2.75) is 6.04 Å². The standard InChI is InChI=1S/C9H11ClN2O2S/c10-7-1-2-9(15-7)12-6(3-11)4-14-5-8(12)13/h1-2,6H,3-5,11H2. The zero-order valence-electron chi connectivity index (χ0n) is 7.98. The summed E-state index contributed by atoms with van der Waals surface area (Å²) >= 11 is 7.21. The van der Waals surface area contributed by atoms with Crippen LogP contribution in [0.3, 0.4) is 0 Å². The van der Waals surface area contributed by atoms with E-state index in [9.17, 15) is 4.79 Å². The number of hydrogen-bond donors (Lipinski definition) is 1. The Hall–Kier alpha value is -0.620. The summed E-state index contributed by atoms with van der Waals surface area (Å²) in [6.07, 6.45) is 0. The molecule has 1 saturated heterocycles. The van der Waals surface area contributed by atoms with Crippen LogP contribution in [0, 0.1) is 0 Å². The molecule has 1 amide bonds. The molecule has 0 saturated carbocycles. The molecule has 0 aromatic carbocycles. The molecular formula is C9H11ClN2O2S. The Kier molecular flexibility index (Phi) is 3.25. The van der Waals surface area contributed by atoms with Gasteiger partial charge in [-0.05, 0) is 12.1 Å². The highest BCUT2D eigenvalue weighted by atomic mass is 35.5. The number of ether oxygens (including phenoxy) is 1. The van der Waals surface area contributed by atoms with Crippen molar-refractivity contribution >= 4 is 33.8 Å². The number of carbonyl (C=O) groups excluding carboxylic acids is 1. The minimum atomic E-state index is -0.0824. The lowest BCUT2D eigenvalue weighted by molar-refractivity contribution is -0.127. The van der Waals surface area contributed by atoms with Crippen molar-refractivity contribution in [2.75, 3.05) is 24.7 Å². The zero-order valence-corrected chi connectivity index (χ0v) is 9.55. The fraction of sp³-hybridized carbons (Fsp3) is 0.444. The van der Waals surface area contributed by atoms with Gasteiger partial charge in [-0.2, -0.15) is 0 Å². The molecule has 2 rings (SSSR count). The van der Waals surface area contributed by atoms with Gasteiger partial charge < -0.3 is 10.5 Å². The van der Waals surface area contributed by atoms with Gasteiger partial charge in [-0.3, -0.25) is 9.69 Å². The molecule has 1 aliphatic rings. The number of nitrogens with two attached hydrogens (primary N) is 1. The topological polar surface area (TPSA) is 55.6 Å². The van der Waals surface area contributed by atoms with E-state index in [2.05, 4.69) is 0 Å². The molecule has 15 heavy (non-hydrogen) atoms. The number of anilines is 1. The second kappa shape index (κ2) is 4.49. The van der Waals surface area contributed by atoms with Crippen molar-refractivity contribution < 1.29 is 9.53 Å². The monoisotopic (exact) mass is 246 g/mol. The first kappa shape index (κ1) is 10.9. The van der Waals surface area contributed by atoms with E-state index in [1.807, 2.05) is 6.07 Å². The molecule has 1 aromatic heterocycles. The predicted octanol–water partition coefficient (Wildman–Crippen LogP) is 1.09. The highest BCUT2D eigenvalue weighted by Crippen LogP contribution is 2.31. The van der Waals surface area contributed by atoms with E-state index in [1.54, 1.807) is 11.0 Å². The van der Waals surface area contributed by atoms with Crippen LogP contribution in [0.1, 0.15) is 0 Å². The maximum Gasteiger partial charge on any atom is 0.253 e. The van der Waals surface area contributed by atoms with Gasteiger partial charge in [-0.1, -0.05) is 11.6 Å². The van der Waals surface area contributed by atoms with Crippen molar-refractivity contribution in [1.82, 2.24) is 0 Å². The van der Waals surface area contributed by atoms with E-state index < -0.39 is 0 Å². The summed E-state index contributed by atoms with van der Waals surface area (Å²) in [4.78, 5) is 13.4. The van der Waals surface area contributed by atoms with E-state index in [0.29, 0.717) is 17.5 Å². The molecule has 82 valence electrons. The maximum atomic E-state index is 11.7. The van der Waals surface area contributed by atoms with Crippen LogP contribution in [0.4, 0.5) is 5.00 Å². The van der Waals surface area contributed by atoms with Gasteiger partial charge in [0.2, 0.25) is 0 Å². The summed E-state index contributed by atoms with van der Waals surface area (Å²) < 4.78 is 5.81. The van der Waals surface area contributed by atoms with E-state index >= 15 is 0 Å². The predicted molar refractivity (Wildman–Crippen MR) is 60.5 cm³/mol. The molecule has 0 bridgehead atoms. The molecule has 1 aromatic rings. The van der Waals surface area contributed by atoms with Gasteiger partial charge in [0.15, 0.2) is 0 Å². The van der Waals surface area contributed by atoms with Crippen molar-refractivity contribution in [3.8, 4) is 0 Å². The third-order valence-corrected chi connectivity index (χ3v) is 3.47. The summed E-state index contributed by atoms with van der Waals surface area (Å²) in [6, 6.07) is 3.53. The number of hydrogen-bond acceptors (Lipinski definition) is 4. The van der Waals surface area contributed by atoms with Gasteiger partial charge in [0.05, 0.1) is 22.0 Å². The number of nitrogens with zero attached hydrogens (tertiary/aromatic N) is 1. The molecule has 6 heteroatoms. The van der Waals surface area contributed by atoms with Gasteiger partial charge >= 0.3 is 0 Å². The van der Waals surface area contributed by atoms with Crippen molar-refractivity contribution in [2.24, 2.45) is 5.73 Å². The second-order valence-electron chi connectivity index (χ2n) is 3.25. The molecule has 0 spiro atoms. The maximum absolute atomic E-state index is 11.7. The number of amides is 1. The van der Waals surface area contributed by atoms with E-state index in [4.69, 9.17) is 22.1 Å². The second-order valence-corrected chi connectivity index (χ2v) is 4.94. The molecule has 2 N–H and O–H groups in total. The van der Waals surface area contributed by atoms with Gasteiger partial charge in [0.1, 0.15) is 6.61 Å². The minimum absolute atomic E-state index is 0.0600. The van der Waals surface area contributed by atoms with E-state index in [1.165, 1.54) is 11.3 Å². The van der Waals surface area contributed by atoms with Gasteiger partial charge in [-0.25, -0.2) is 0 Å². The largest absolute Gasteiger partial charge is 0.369 e. The summed E-state index contributed by atoms with van der Waals surface area (Å²) in [5.74, 6) is -0.0600. The summed E-state index contributed by atoms with van der Waals surface area (Å²) in [5, 5.41) is 0.837. The van der Waals surface area contributed by atoms with Crippen LogP contribution in [-0.2, 0) is 9.53 Å². The third kappa shape index (κ3) is 2.15. The third-order valence-electron chi connectivity index (χ3n) is 2.24. The molecule has 0 aliphatic carbocycles. The lowest BCUT2D eigenvalue weighted by Crippen LogP contribution is -2.52. The number of rotatable bonds is 2. The average Bonchev–Trinajstić information content (AvgIpc) is 2.64. The smallest absolute Gasteiger partial charge is 0.253 e. The highest BCUT2D eigenvalue weighted by molar-refractivity contribution is 7.20. The Morgan fingerprint density at radius 1 is 1.67 bits per heavy atom. The van der Waals surface area contributed by atoms with Crippen molar-refractivity contribution in [1.29, 1.82) is 0 Å². The zero-order chi connectivity index (χ0) is 10.8. The first-order chi connectivity index (χ1) is 7.22. The summed E-state index contributed by atoms with van der Waals surface area (Å²) in [5.41, 5.74) is 5.60. The van der Waals surface area contributed by atoms with Crippen LogP contribution in [0.2, 0.25) is 4.34 Å². The number of halogens is 1. The van der Waals surface area contributed by atoms with Crippen LogP contribution < -0.4 is 10.6 Å².